The van der Waals surface area contributed by atoms with Crippen molar-refractivity contribution in [3.63, 3.8) is 0 Å². The number of rotatable bonds is 8. The molecule has 0 aromatic heterocycles. The largest absolute Gasteiger partial charge is 0.489 e. The van der Waals surface area contributed by atoms with Crippen LogP contribution in [-0.4, -0.2) is 19.6 Å². The van der Waals surface area contributed by atoms with Crippen LogP contribution in [0.4, 0.5) is 5.69 Å². The molecule has 160 valence electrons. The van der Waals surface area contributed by atoms with Crippen LogP contribution in [0.3, 0.4) is 0 Å². The van der Waals surface area contributed by atoms with Gasteiger partial charge in [-0.3, -0.25) is 10.1 Å². The SMILES string of the molecule is Cc1ccc(S(=O)(=O)NN=Cc2ccc(OCc3ccc(Cl)cc3)cc2)cc1[N+](=O)[O-]. The van der Waals surface area contributed by atoms with Crippen LogP contribution in [0.2, 0.25) is 5.02 Å². The van der Waals surface area contributed by atoms with Gasteiger partial charge in [-0.2, -0.15) is 13.5 Å². The molecule has 0 amide bonds. The summed E-state index contributed by atoms with van der Waals surface area (Å²) in [6, 6.07) is 17.9. The normalized spacial score (nSPS) is 11.4. The Bertz CT molecular complexity index is 1210. The summed E-state index contributed by atoms with van der Waals surface area (Å²) in [5.41, 5.74) is 1.70. The molecule has 10 heteroatoms. The first-order valence-corrected chi connectivity index (χ1v) is 10.9. The number of hydrogen-bond donors (Lipinski definition) is 1. The third-order valence-electron chi connectivity index (χ3n) is 4.27. The summed E-state index contributed by atoms with van der Waals surface area (Å²) in [6.07, 6.45) is 1.32. The van der Waals surface area contributed by atoms with Gasteiger partial charge in [-0.05, 0) is 60.5 Å². The second kappa shape index (κ2) is 9.59. The monoisotopic (exact) mass is 459 g/mol. The summed E-state index contributed by atoms with van der Waals surface area (Å²) in [4.78, 5) is 12.2. The Labute approximate surface area is 184 Å². The zero-order valence-corrected chi connectivity index (χ0v) is 17.9. The van der Waals surface area contributed by atoms with Crippen LogP contribution in [0.15, 0.2) is 76.7 Å². The van der Waals surface area contributed by atoms with Gasteiger partial charge in [0.15, 0.2) is 0 Å². The highest BCUT2D eigenvalue weighted by atomic mass is 35.5. The summed E-state index contributed by atoms with van der Waals surface area (Å²) in [7, 11) is -4.04. The van der Waals surface area contributed by atoms with Crippen molar-refractivity contribution in [3.05, 3.63) is 98.6 Å². The maximum absolute atomic E-state index is 12.3. The fourth-order valence-electron chi connectivity index (χ4n) is 2.57. The van der Waals surface area contributed by atoms with Crippen LogP contribution in [0.5, 0.6) is 5.75 Å². The van der Waals surface area contributed by atoms with Crippen molar-refractivity contribution in [1.29, 1.82) is 0 Å². The molecule has 31 heavy (non-hydrogen) atoms. The maximum atomic E-state index is 12.3. The lowest BCUT2D eigenvalue weighted by Gasteiger charge is -2.07. The fraction of sp³-hybridized carbons (Fsp3) is 0.0952. The number of halogens is 1. The second-order valence-corrected chi connectivity index (χ2v) is 8.64. The van der Waals surface area contributed by atoms with Crippen LogP contribution >= 0.6 is 11.6 Å². The number of nitrogens with zero attached hydrogens (tertiary/aromatic N) is 2. The van der Waals surface area contributed by atoms with Crippen molar-refractivity contribution in [2.24, 2.45) is 5.10 Å². The lowest BCUT2D eigenvalue weighted by molar-refractivity contribution is -0.385. The molecule has 0 saturated carbocycles. The second-order valence-electron chi connectivity index (χ2n) is 6.54. The number of ether oxygens (including phenoxy) is 1. The smallest absolute Gasteiger partial charge is 0.276 e. The van der Waals surface area contributed by atoms with Crippen molar-refractivity contribution < 1.29 is 18.1 Å². The molecule has 0 bridgehead atoms. The molecule has 0 atom stereocenters. The summed E-state index contributed by atoms with van der Waals surface area (Å²) >= 11 is 5.85. The molecular formula is C21H18ClN3O5S. The molecule has 3 aromatic carbocycles. The van der Waals surface area contributed by atoms with E-state index in [4.69, 9.17) is 16.3 Å². The summed E-state index contributed by atoms with van der Waals surface area (Å²) in [5.74, 6) is 0.639. The first-order valence-electron chi connectivity index (χ1n) is 9.02. The minimum absolute atomic E-state index is 0.243. The van der Waals surface area contributed by atoms with Crippen LogP contribution in [0.1, 0.15) is 16.7 Å². The molecule has 0 saturated heterocycles. The maximum Gasteiger partial charge on any atom is 0.276 e. The number of aryl methyl sites for hydroxylation is 1. The summed E-state index contributed by atoms with van der Waals surface area (Å²) < 4.78 is 30.3. The van der Waals surface area contributed by atoms with Crippen molar-refractivity contribution >= 4 is 33.5 Å². The van der Waals surface area contributed by atoms with E-state index in [1.807, 2.05) is 12.1 Å². The van der Waals surface area contributed by atoms with Gasteiger partial charge in [0.05, 0.1) is 16.0 Å². The average Bonchev–Trinajstić information content (AvgIpc) is 2.74. The van der Waals surface area contributed by atoms with E-state index < -0.39 is 14.9 Å². The number of sulfonamides is 1. The van der Waals surface area contributed by atoms with E-state index in [-0.39, 0.29) is 10.6 Å². The topological polar surface area (TPSA) is 111 Å². The van der Waals surface area contributed by atoms with Crippen molar-refractivity contribution in [1.82, 2.24) is 4.83 Å². The van der Waals surface area contributed by atoms with Crippen molar-refractivity contribution in [2.45, 2.75) is 18.4 Å². The molecule has 1 N–H and O–H groups in total. The van der Waals surface area contributed by atoms with Crippen LogP contribution < -0.4 is 9.57 Å². The van der Waals surface area contributed by atoms with Crippen LogP contribution in [-0.2, 0) is 16.6 Å². The number of hydrogen-bond acceptors (Lipinski definition) is 6. The third kappa shape index (κ3) is 6.03. The first-order chi connectivity index (χ1) is 14.7. The Morgan fingerprint density at radius 3 is 2.42 bits per heavy atom. The standard InChI is InChI=1S/C21H18ClN3O5S/c1-15-2-11-20(12-21(15)25(26)27)31(28,29)24-23-13-16-5-9-19(10-6-16)30-14-17-3-7-18(22)8-4-17/h2-13,24H,14H2,1H3. The molecule has 0 unspecified atom stereocenters. The molecular weight excluding hydrogens is 442 g/mol. The molecule has 3 rings (SSSR count). The van der Waals surface area contributed by atoms with Gasteiger partial charge in [-0.1, -0.05) is 29.8 Å². The van der Waals surface area contributed by atoms with Crippen molar-refractivity contribution in [2.75, 3.05) is 0 Å². The quantitative estimate of drug-likeness (QED) is 0.304. The lowest BCUT2D eigenvalue weighted by atomic mass is 10.2. The molecule has 8 nitrogen and oxygen atoms in total. The van der Waals surface area contributed by atoms with E-state index in [2.05, 4.69) is 9.93 Å². The molecule has 0 aliphatic carbocycles. The number of nitro groups is 1. The number of nitrogens with one attached hydrogen (secondary N) is 1. The van der Waals surface area contributed by atoms with Gasteiger partial charge in [-0.25, -0.2) is 4.83 Å². The van der Waals surface area contributed by atoms with Gasteiger partial charge in [0.25, 0.3) is 15.7 Å². The minimum atomic E-state index is -4.04. The van der Waals surface area contributed by atoms with E-state index in [9.17, 15) is 18.5 Å². The predicted molar refractivity (Wildman–Crippen MR) is 118 cm³/mol. The minimum Gasteiger partial charge on any atom is -0.489 e. The summed E-state index contributed by atoms with van der Waals surface area (Å²) in [5, 5.41) is 15.4. The van der Waals surface area contributed by atoms with Gasteiger partial charge in [0.2, 0.25) is 0 Å². The molecule has 0 aliphatic rings. The van der Waals surface area contributed by atoms with E-state index in [1.165, 1.54) is 25.3 Å². The van der Waals surface area contributed by atoms with Gasteiger partial charge >= 0.3 is 0 Å². The lowest BCUT2D eigenvalue weighted by Crippen LogP contribution is -2.18. The number of hydrazone groups is 1. The van der Waals surface area contributed by atoms with Gasteiger partial charge < -0.3 is 4.74 Å². The van der Waals surface area contributed by atoms with Gasteiger partial charge in [0, 0.05) is 16.7 Å². The average molecular weight is 460 g/mol. The van der Waals surface area contributed by atoms with E-state index in [0.29, 0.717) is 28.5 Å². The van der Waals surface area contributed by atoms with Gasteiger partial charge in [-0.15, -0.1) is 0 Å². The Morgan fingerprint density at radius 1 is 1.10 bits per heavy atom. The molecule has 0 radical (unpaired) electrons. The Hall–Kier alpha value is -3.43. The van der Waals surface area contributed by atoms with E-state index >= 15 is 0 Å². The molecule has 0 fully saturated rings. The van der Waals surface area contributed by atoms with E-state index in [1.54, 1.807) is 36.4 Å². The molecule has 0 spiro atoms. The molecule has 0 heterocycles. The zero-order valence-electron chi connectivity index (χ0n) is 16.4. The first kappa shape index (κ1) is 22.3. The molecule has 0 aliphatic heterocycles. The highest BCUT2D eigenvalue weighted by Crippen LogP contribution is 2.22. The highest BCUT2D eigenvalue weighted by molar-refractivity contribution is 7.89. The van der Waals surface area contributed by atoms with Crippen molar-refractivity contribution in [3.8, 4) is 5.75 Å². The number of benzene rings is 3. The highest BCUT2D eigenvalue weighted by Gasteiger charge is 2.19. The predicted octanol–water partition coefficient (Wildman–Crippen LogP) is 4.45. The summed E-state index contributed by atoms with van der Waals surface area (Å²) in [6.45, 7) is 1.91. The zero-order chi connectivity index (χ0) is 22.4. The number of nitro benzene ring substituents is 1. The molecule has 3 aromatic rings. The van der Waals surface area contributed by atoms with E-state index in [0.717, 1.165) is 11.6 Å². The third-order valence-corrected chi connectivity index (χ3v) is 5.75. The van der Waals surface area contributed by atoms with Crippen LogP contribution in [0.25, 0.3) is 0 Å². The van der Waals surface area contributed by atoms with Gasteiger partial charge in [0.1, 0.15) is 12.4 Å². The van der Waals surface area contributed by atoms with Crippen LogP contribution in [0, 0.1) is 17.0 Å². The Balaban J connectivity index is 1.61. The fourth-order valence-corrected chi connectivity index (χ4v) is 3.51. The Kier molecular flexibility index (Phi) is 6.88. The Morgan fingerprint density at radius 2 is 1.77 bits per heavy atom.